The lowest BCUT2D eigenvalue weighted by molar-refractivity contribution is -0.136. The molecule has 0 atom stereocenters. The monoisotopic (exact) mass is 407 g/mol. The number of nitrogens with one attached hydrogen (secondary N) is 2. The van der Waals surface area contributed by atoms with Crippen molar-refractivity contribution < 1.29 is 38.4 Å². The summed E-state index contributed by atoms with van der Waals surface area (Å²) < 4.78 is 20.3. The molecule has 1 aromatic rings. The summed E-state index contributed by atoms with van der Waals surface area (Å²) >= 11 is 0. The summed E-state index contributed by atoms with van der Waals surface area (Å²) in [4.78, 5) is 38.1. The summed E-state index contributed by atoms with van der Waals surface area (Å²) in [6.45, 7) is 1.63. The number of nitrogens with zero attached hydrogens (tertiary/aromatic N) is 1. The molecule has 2 aliphatic heterocycles. The van der Waals surface area contributed by atoms with Crippen molar-refractivity contribution in [3.8, 4) is 11.5 Å². The first-order valence-corrected chi connectivity index (χ1v) is 8.84. The molecule has 0 aromatic heterocycles. The Hall–Kier alpha value is -3.47. The third-order valence-corrected chi connectivity index (χ3v) is 4.24. The molecule has 0 saturated heterocycles. The highest BCUT2D eigenvalue weighted by molar-refractivity contribution is 6.09. The Morgan fingerprint density at radius 1 is 1.24 bits per heavy atom. The summed E-state index contributed by atoms with van der Waals surface area (Å²) in [7, 11) is 1.21. The van der Waals surface area contributed by atoms with E-state index in [1.807, 2.05) is 0 Å². The van der Waals surface area contributed by atoms with E-state index >= 15 is 0 Å². The van der Waals surface area contributed by atoms with Gasteiger partial charge in [-0.05, 0) is 6.92 Å². The number of carbonyl (C=O) groups excluding carboxylic acids is 3. The summed E-state index contributed by atoms with van der Waals surface area (Å²) in [6.07, 6.45) is -0.698. The lowest BCUT2D eigenvalue weighted by Gasteiger charge is -2.17. The number of aliphatic hydroxyl groups excluding tert-OH is 1. The van der Waals surface area contributed by atoms with Gasteiger partial charge in [-0.15, -0.1) is 0 Å². The van der Waals surface area contributed by atoms with Gasteiger partial charge in [0, 0.05) is 18.7 Å². The first kappa shape index (κ1) is 20.3. The predicted molar refractivity (Wildman–Crippen MR) is 99.5 cm³/mol. The summed E-state index contributed by atoms with van der Waals surface area (Å²) in [5.41, 5.74) is 0.637. The maximum atomic E-state index is 12.7. The number of hydrogen-bond donors (Lipinski definition) is 3. The molecule has 0 spiro atoms. The van der Waals surface area contributed by atoms with Crippen LogP contribution in [0.4, 0.5) is 16.2 Å². The fraction of sp³-hybridized carbons (Fsp3) is 0.389. The fourth-order valence-electron chi connectivity index (χ4n) is 2.91. The number of ether oxygens (including phenoxy) is 4. The van der Waals surface area contributed by atoms with Gasteiger partial charge < -0.3 is 34.3 Å². The largest absolute Gasteiger partial charge is 0.466 e. The second-order valence-electron chi connectivity index (χ2n) is 6.02. The number of benzene rings is 1. The number of carbonyl (C=O) groups is 3. The van der Waals surface area contributed by atoms with Crippen molar-refractivity contribution in [3.05, 3.63) is 23.4 Å². The molecular weight excluding hydrogens is 386 g/mol. The molecule has 0 unspecified atom stereocenters. The van der Waals surface area contributed by atoms with Crippen LogP contribution in [-0.4, -0.2) is 68.2 Å². The Bertz CT molecular complexity index is 867. The number of rotatable bonds is 7. The number of β-amino-alcohol motifs (C(OH)–C–C–N with tert-alkyl or cyclic N) is 1. The van der Waals surface area contributed by atoms with Crippen LogP contribution in [0, 0.1) is 0 Å². The molecule has 0 radical (unpaired) electrons. The maximum Gasteiger partial charge on any atom is 0.411 e. The van der Waals surface area contributed by atoms with Gasteiger partial charge in [0.2, 0.25) is 6.79 Å². The van der Waals surface area contributed by atoms with Gasteiger partial charge in [-0.3, -0.25) is 10.1 Å². The van der Waals surface area contributed by atoms with Gasteiger partial charge in [0.1, 0.15) is 5.70 Å². The molecule has 156 valence electrons. The molecule has 0 fully saturated rings. The summed E-state index contributed by atoms with van der Waals surface area (Å²) in [5.74, 6) is -0.356. The molecule has 1 aromatic carbocycles. The highest BCUT2D eigenvalue weighted by Crippen LogP contribution is 2.40. The second-order valence-corrected chi connectivity index (χ2v) is 6.02. The molecule has 2 heterocycles. The number of aliphatic hydroxyl groups is 1. The minimum absolute atomic E-state index is 0.0109. The van der Waals surface area contributed by atoms with Crippen LogP contribution in [0.2, 0.25) is 0 Å². The minimum atomic E-state index is -0.698. The van der Waals surface area contributed by atoms with E-state index in [1.54, 1.807) is 6.92 Å². The Kier molecular flexibility index (Phi) is 6.07. The highest BCUT2D eigenvalue weighted by Gasteiger charge is 2.35. The van der Waals surface area contributed by atoms with Gasteiger partial charge in [0.05, 0.1) is 43.8 Å². The van der Waals surface area contributed by atoms with Crippen LogP contribution in [-0.2, 0) is 19.1 Å². The van der Waals surface area contributed by atoms with Crippen molar-refractivity contribution >= 4 is 29.3 Å². The van der Waals surface area contributed by atoms with E-state index in [-0.39, 0.29) is 55.7 Å². The molecule has 0 aliphatic carbocycles. The lowest BCUT2D eigenvalue weighted by Crippen LogP contribution is -2.31. The molecular formula is C18H21N3O8. The van der Waals surface area contributed by atoms with E-state index in [9.17, 15) is 14.4 Å². The van der Waals surface area contributed by atoms with Crippen LogP contribution < -0.4 is 20.1 Å². The summed E-state index contributed by atoms with van der Waals surface area (Å²) in [6, 6.07) is 3.05. The normalized spacial score (nSPS) is 14.9. The Labute approximate surface area is 166 Å². The Morgan fingerprint density at radius 3 is 2.55 bits per heavy atom. The van der Waals surface area contributed by atoms with E-state index in [4.69, 9.17) is 24.1 Å². The zero-order valence-electron chi connectivity index (χ0n) is 15.9. The van der Waals surface area contributed by atoms with Crippen molar-refractivity contribution in [2.24, 2.45) is 0 Å². The van der Waals surface area contributed by atoms with Gasteiger partial charge >= 0.3 is 12.1 Å². The molecule has 29 heavy (non-hydrogen) atoms. The predicted octanol–water partition coefficient (Wildman–Crippen LogP) is 0.657. The van der Waals surface area contributed by atoms with E-state index in [0.717, 1.165) is 0 Å². The SMILES string of the molecule is CCOC(=O)Nc1cc2c(cc1NC1=C(C(=O)OC)CN(CCO)C1=O)OCO2. The Balaban J connectivity index is 1.97. The van der Waals surface area contributed by atoms with Gasteiger partial charge in [-0.25, -0.2) is 9.59 Å². The summed E-state index contributed by atoms with van der Waals surface area (Å²) in [5, 5.41) is 14.6. The smallest absolute Gasteiger partial charge is 0.411 e. The fourth-order valence-corrected chi connectivity index (χ4v) is 2.91. The van der Waals surface area contributed by atoms with Crippen molar-refractivity contribution in [3.63, 3.8) is 0 Å². The van der Waals surface area contributed by atoms with Crippen LogP contribution >= 0.6 is 0 Å². The molecule has 2 amide bonds. The van der Waals surface area contributed by atoms with Crippen molar-refractivity contribution in [1.82, 2.24) is 4.90 Å². The first-order chi connectivity index (χ1) is 14.0. The van der Waals surface area contributed by atoms with Gasteiger partial charge in [0.15, 0.2) is 11.5 Å². The maximum absolute atomic E-state index is 12.7. The van der Waals surface area contributed by atoms with Gasteiger partial charge in [-0.2, -0.15) is 0 Å². The van der Waals surface area contributed by atoms with Crippen LogP contribution in [0.1, 0.15) is 6.92 Å². The van der Waals surface area contributed by atoms with Crippen LogP contribution in [0.5, 0.6) is 11.5 Å². The van der Waals surface area contributed by atoms with Crippen molar-refractivity contribution in [2.75, 3.05) is 50.8 Å². The number of anilines is 2. The van der Waals surface area contributed by atoms with Gasteiger partial charge in [0.25, 0.3) is 5.91 Å². The zero-order chi connectivity index (χ0) is 21.0. The molecule has 0 bridgehead atoms. The molecule has 11 heteroatoms. The van der Waals surface area contributed by atoms with E-state index in [2.05, 4.69) is 10.6 Å². The lowest BCUT2D eigenvalue weighted by atomic mass is 10.2. The Morgan fingerprint density at radius 2 is 1.93 bits per heavy atom. The molecule has 0 saturated carbocycles. The number of fused-ring (bicyclic) bond motifs is 1. The molecule has 2 aliphatic rings. The van der Waals surface area contributed by atoms with E-state index < -0.39 is 18.0 Å². The topological polar surface area (TPSA) is 136 Å². The highest BCUT2D eigenvalue weighted by atomic mass is 16.7. The number of esters is 1. The van der Waals surface area contributed by atoms with E-state index in [1.165, 1.54) is 24.1 Å². The molecule has 3 N–H and O–H groups in total. The zero-order valence-corrected chi connectivity index (χ0v) is 15.9. The standard InChI is InChI=1S/C18H21N3O8/c1-3-27-18(25)20-12-7-14-13(28-9-29-14)6-11(12)19-15-10(17(24)26-2)8-21(4-5-22)16(15)23/h6-7,19,22H,3-5,8-9H2,1-2H3,(H,20,25). The van der Waals surface area contributed by atoms with Crippen LogP contribution in [0.15, 0.2) is 23.4 Å². The number of hydrogen-bond acceptors (Lipinski definition) is 9. The quantitative estimate of drug-likeness (QED) is 0.557. The van der Waals surface area contributed by atoms with Crippen molar-refractivity contribution in [2.45, 2.75) is 6.92 Å². The average molecular weight is 407 g/mol. The van der Waals surface area contributed by atoms with Crippen molar-refractivity contribution in [1.29, 1.82) is 0 Å². The molecule has 11 nitrogen and oxygen atoms in total. The number of amides is 2. The second kappa shape index (κ2) is 8.69. The molecule has 3 rings (SSSR count). The van der Waals surface area contributed by atoms with Crippen LogP contribution in [0.3, 0.4) is 0 Å². The average Bonchev–Trinajstić information content (AvgIpc) is 3.27. The van der Waals surface area contributed by atoms with Crippen LogP contribution in [0.25, 0.3) is 0 Å². The van der Waals surface area contributed by atoms with Gasteiger partial charge in [-0.1, -0.05) is 0 Å². The third-order valence-electron chi connectivity index (χ3n) is 4.24. The number of methoxy groups -OCH3 is 1. The van der Waals surface area contributed by atoms with E-state index in [0.29, 0.717) is 11.5 Å². The third kappa shape index (κ3) is 4.19. The first-order valence-electron chi connectivity index (χ1n) is 8.84. The minimum Gasteiger partial charge on any atom is -0.466 e.